The van der Waals surface area contributed by atoms with E-state index in [1.165, 1.54) is 24.0 Å². The standard InChI is InChI=1S/C13H22N2O2S/c1-2-18(16,17)8-7-15-9-11-5-3-4-6-13(14)12(11)10-15/h9-10,13H,2-8,14H2,1H3. The molecule has 0 spiro atoms. The fraction of sp³-hybridized carbons (Fsp3) is 0.692. The molecule has 102 valence electrons. The predicted octanol–water partition coefficient (Wildman–Crippen LogP) is 1.65. The fourth-order valence-corrected chi connectivity index (χ4v) is 3.25. The molecule has 0 fully saturated rings. The summed E-state index contributed by atoms with van der Waals surface area (Å²) < 4.78 is 25.0. The summed E-state index contributed by atoms with van der Waals surface area (Å²) in [4.78, 5) is 0. The lowest BCUT2D eigenvalue weighted by atomic mass is 10.1. The number of rotatable bonds is 4. The van der Waals surface area contributed by atoms with E-state index < -0.39 is 9.84 Å². The van der Waals surface area contributed by atoms with E-state index in [0.717, 1.165) is 12.8 Å². The van der Waals surface area contributed by atoms with Crippen molar-refractivity contribution in [2.24, 2.45) is 5.73 Å². The van der Waals surface area contributed by atoms with E-state index in [1.54, 1.807) is 6.92 Å². The molecule has 1 atom stereocenters. The van der Waals surface area contributed by atoms with Gasteiger partial charge in [0.1, 0.15) is 0 Å². The summed E-state index contributed by atoms with van der Waals surface area (Å²) in [5.74, 6) is 0.430. The quantitative estimate of drug-likeness (QED) is 0.846. The molecule has 0 saturated carbocycles. The van der Waals surface area contributed by atoms with E-state index in [2.05, 4.69) is 6.20 Å². The van der Waals surface area contributed by atoms with Gasteiger partial charge in [0.2, 0.25) is 0 Å². The summed E-state index contributed by atoms with van der Waals surface area (Å²) in [6.45, 7) is 2.23. The second kappa shape index (κ2) is 5.45. The Bertz CT molecular complexity index is 505. The molecule has 0 bridgehead atoms. The number of aryl methyl sites for hydroxylation is 2. The van der Waals surface area contributed by atoms with Gasteiger partial charge in [-0.25, -0.2) is 8.42 Å². The maximum Gasteiger partial charge on any atom is 0.151 e. The zero-order chi connectivity index (χ0) is 13.2. The molecule has 1 aliphatic carbocycles. The molecule has 1 aromatic heterocycles. The van der Waals surface area contributed by atoms with Gasteiger partial charge in [-0.05, 0) is 30.4 Å². The molecule has 0 saturated heterocycles. The molecule has 0 amide bonds. The maximum absolute atomic E-state index is 11.5. The van der Waals surface area contributed by atoms with Crippen LogP contribution in [-0.4, -0.2) is 24.5 Å². The van der Waals surface area contributed by atoms with Gasteiger partial charge >= 0.3 is 0 Å². The van der Waals surface area contributed by atoms with Crippen molar-refractivity contribution < 1.29 is 8.42 Å². The topological polar surface area (TPSA) is 65.1 Å². The van der Waals surface area contributed by atoms with Crippen molar-refractivity contribution in [3.05, 3.63) is 23.5 Å². The third kappa shape index (κ3) is 3.14. The van der Waals surface area contributed by atoms with Crippen LogP contribution in [0.25, 0.3) is 0 Å². The van der Waals surface area contributed by atoms with Gasteiger partial charge in [0.25, 0.3) is 0 Å². The third-order valence-corrected chi connectivity index (χ3v) is 5.39. The van der Waals surface area contributed by atoms with Crippen molar-refractivity contribution in [1.82, 2.24) is 4.57 Å². The first-order chi connectivity index (χ1) is 8.52. The van der Waals surface area contributed by atoms with Gasteiger partial charge in [-0.2, -0.15) is 0 Å². The minimum atomic E-state index is -2.89. The zero-order valence-corrected chi connectivity index (χ0v) is 11.7. The van der Waals surface area contributed by atoms with E-state index in [-0.39, 0.29) is 17.5 Å². The van der Waals surface area contributed by atoms with E-state index in [9.17, 15) is 8.42 Å². The van der Waals surface area contributed by atoms with Gasteiger partial charge in [-0.3, -0.25) is 0 Å². The van der Waals surface area contributed by atoms with Crippen molar-refractivity contribution in [2.45, 2.75) is 45.2 Å². The number of aromatic nitrogens is 1. The van der Waals surface area contributed by atoms with Crippen LogP contribution in [0.3, 0.4) is 0 Å². The van der Waals surface area contributed by atoms with Crippen LogP contribution in [0.5, 0.6) is 0 Å². The molecule has 0 aromatic carbocycles. The van der Waals surface area contributed by atoms with Gasteiger partial charge in [0, 0.05) is 30.7 Å². The maximum atomic E-state index is 11.5. The highest BCUT2D eigenvalue weighted by Crippen LogP contribution is 2.27. The molecule has 2 N–H and O–H groups in total. The van der Waals surface area contributed by atoms with E-state index >= 15 is 0 Å². The highest BCUT2D eigenvalue weighted by Gasteiger charge is 2.17. The number of nitrogens with two attached hydrogens (primary N) is 1. The first-order valence-electron chi connectivity index (χ1n) is 6.66. The third-order valence-electron chi connectivity index (χ3n) is 3.71. The van der Waals surface area contributed by atoms with Gasteiger partial charge in [-0.1, -0.05) is 13.3 Å². The largest absolute Gasteiger partial charge is 0.353 e. The molecule has 18 heavy (non-hydrogen) atoms. The van der Waals surface area contributed by atoms with Crippen LogP contribution in [0.4, 0.5) is 0 Å². The first-order valence-corrected chi connectivity index (χ1v) is 8.48. The smallest absolute Gasteiger partial charge is 0.151 e. The second-order valence-corrected chi connectivity index (χ2v) is 7.54. The average molecular weight is 270 g/mol. The van der Waals surface area contributed by atoms with Gasteiger partial charge in [-0.15, -0.1) is 0 Å². The summed E-state index contributed by atoms with van der Waals surface area (Å²) in [5, 5.41) is 0. The van der Waals surface area contributed by atoms with Crippen LogP contribution in [0.2, 0.25) is 0 Å². The van der Waals surface area contributed by atoms with Crippen molar-refractivity contribution in [2.75, 3.05) is 11.5 Å². The summed E-state index contributed by atoms with van der Waals surface area (Å²) >= 11 is 0. The molecule has 0 radical (unpaired) electrons. The van der Waals surface area contributed by atoms with Crippen LogP contribution in [-0.2, 0) is 22.8 Å². The van der Waals surface area contributed by atoms with Crippen molar-refractivity contribution in [3.63, 3.8) is 0 Å². The number of hydrogen-bond donors (Lipinski definition) is 1. The van der Waals surface area contributed by atoms with Crippen LogP contribution in [0, 0.1) is 0 Å². The lowest BCUT2D eigenvalue weighted by Gasteiger charge is -2.07. The highest BCUT2D eigenvalue weighted by atomic mass is 32.2. The second-order valence-electron chi connectivity index (χ2n) is 5.07. The minimum absolute atomic E-state index is 0.117. The molecule has 2 rings (SSSR count). The molecule has 5 heteroatoms. The lowest BCUT2D eigenvalue weighted by molar-refractivity contribution is 0.588. The minimum Gasteiger partial charge on any atom is -0.353 e. The molecule has 4 nitrogen and oxygen atoms in total. The Morgan fingerprint density at radius 3 is 2.89 bits per heavy atom. The van der Waals surface area contributed by atoms with E-state index in [0.29, 0.717) is 6.54 Å². The fourth-order valence-electron chi connectivity index (χ4n) is 2.47. The Labute approximate surface area is 109 Å². The van der Waals surface area contributed by atoms with Gasteiger partial charge in [0.05, 0.1) is 5.75 Å². The Balaban J connectivity index is 2.10. The number of fused-ring (bicyclic) bond motifs is 1. The molecule has 1 aromatic rings. The monoisotopic (exact) mass is 270 g/mol. The summed E-state index contributed by atoms with van der Waals surface area (Å²) in [6.07, 6.45) is 8.57. The Kier molecular flexibility index (Phi) is 4.12. The van der Waals surface area contributed by atoms with Crippen LogP contribution < -0.4 is 5.73 Å². The molecular formula is C13H22N2O2S. The molecule has 1 aliphatic rings. The average Bonchev–Trinajstić information content (AvgIpc) is 2.68. The summed E-state index contributed by atoms with van der Waals surface area (Å²) in [5.41, 5.74) is 8.65. The highest BCUT2D eigenvalue weighted by molar-refractivity contribution is 7.91. The SMILES string of the molecule is CCS(=O)(=O)CCn1cc2c(c1)C(N)CCCC2. The number of hydrogen-bond acceptors (Lipinski definition) is 3. The molecular weight excluding hydrogens is 248 g/mol. The van der Waals surface area contributed by atoms with E-state index in [1.807, 2.05) is 10.8 Å². The normalized spacial score (nSPS) is 20.4. The molecule has 0 aliphatic heterocycles. The summed E-state index contributed by atoms with van der Waals surface area (Å²) in [7, 11) is -2.89. The van der Waals surface area contributed by atoms with Crippen LogP contribution in [0.15, 0.2) is 12.4 Å². The lowest BCUT2D eigenvalue weighted by Crippen LogP contribution is -2.14. The molecule has 1 heterocycles. The van der Waals surface area contributed by atoms with Gasteiger partial charge < -0.3 is 10.3 Å². The Morgan fingerprint density at radius 2 is 2.17 bits per heavy atom. The number of sulfone groups is 1. The summed E-state index contributed by atoms with van der Waals surface area (Å²) in [6, 6.07) is 0.117. The van der Waals surface area contributed by atoms with Crippen molar-refractivity contribution in [1.29, 1.82) is 0 Å². The van der Waals surface area contributed by atoms with E-state index in [4.69, 9.17) is 5.73 Å². The Hall–Kier alpha value is -0.810. The van der Waals surface area contributed by atoms with Crippen LogP contribution in [0.1, 0.15) is 43.4 Å². The Morgan fingerprint density at radius 1 is 1.39 bits per heavy atom. The van der Waals surface area contributed by atoms with Crippen molar-refractivity contribution in [3.8, 4) is 0 Å². The predicted molar refractivity (Wildman–Crippen MR) is 73.2 cm³/mol. The number of nitrogens with zero attached hydrogens (tertiary/aromatic N) is 1. The first kappa shape index (κ1) is 13.6. The van der Waals surface area contributed by atoms with Gasteiger partial charge in [0.15, 0.2) is 9.84 Å². The van der Waals surface area contributed by atoms with Crippen molar-refractivity contribution >= 4 is 9.84 Å². The molecule has 1 unspecified atom stereocenters. The van der Waals surface area contributed by atoms with Crippen LogP contribution >= 0.6 is 0 Å². The zero-order valence-electron chi connectivity index (χ0n) is 10.9.